The van der Waals surface area contributed by atoms with Gasteiger partial charge in [0, 0.05) is 32.2 Å². The maximum absolute atomic E-state index is 13.4. The number of unbranched alkanes of at least 4 members (excludes halogenated alkanes) is 1. The van der Waals surface area contributed by atoms with Gasteiger partial charge in [-0.15, -0.1) is 0 Å². The number of hydrogen-bond acceptors (Lipinski definition) is 5. The van der Waals surface area contributed by atoms with Crippen molar-refractivity contribution in [1.82, 2.24) is 20.2 Å². The van der Waals surface area contributed by atoms with Crippen LogP contribution in [0.2, 0.25) is 0 Å². The van der Waals surface area contributed by atoms with Gasteiger partial charge >= 0.3 is 0 Å². The Balaban J connectivity index is 1.60. The predicted octanol–water partition coefficient (Wildman–Crippen LogP) is 2.44. The van der Waals surface area contributed by atoms with Gasteiger partial charge in [-0.1, -0.05) is 64.8 Å². The van der Waals surface area contributed by atoms with E-state index in [1.807, 2.05) is 32.6 Å². The number of amides is 3. The molecule has 0 bridgehead atoms. The van der Waals surface area contributed by atoms with Crippen LogP contribution in [0.3, 0.4) is 0 Å². The molecular formula is C26H40N4O4. The summed E-state index contributed by atoms with van der Waals surface area (Å²) in [6, 6.07) is 8.20. The van der Waals surface area contributed by atoms with Crippen LogP contribution in [-0.2, 0) is 27.3 Å². The van der Waals surface area contributed by atoms with Crippen molar-refractivity contribution < 1.29 is 19.6 Å². The lowest BCUT2D eigenvalue weighted by Crippen LogP contribution is -2.66. The van der Waals surface area contributed by atoms with Crippen molar-refractivity contribution in [3.05, 3.63) is 35.4 Å². The van der Waals surface area contributed by atoms with Crippen LogP contribution in [0.5, 0.6) is 0 Å². The smallest absolute Gasteiger partial charge is 0.245 e. The molecule has 3 rings (SSSR count). The SMILES string of the molecule is CCCC[C@H](CN(O)C=O)C(=O)N[C@H](C(=O)N1CC(N2CCc3ccccc3C2)C1)C(C)(C)C. The van der Waals surface area contributed by atoms with Crippen LogP contribution in [0, 0.1) is 11.3 Å². The van der Waals surface area contributed by atoms with Gasteiger partial charge in [-0.2, -0.15) is 0 Å². The highest BCUT2D eigenvalue weighted by atomic mass is 16.5. The second-order valence-electron chi connectivity index (χ2n) is 10.8. The molecule has 8 heteroatoms. The van der Waals surface area contributed by atoms with Gasteiger partial charge in [0.25, 0.3) is 0 Å². The summed E-state index contributed by atoms with van der Waals surface area (Å²) in [6.45, 7) is 11.0. The fraction of sp³-hybridized carbons (Fsp3) is 0.654. The third-order valence-corrected chi connectivity index (χ3v) is 7.06. The van der Waals surface area contributed by atoms with Gasteiger partial charge in [-0.05, 0) is 29.4 Å². The molecule has 0 aliphatic carbocycles. The van der Waals surface area contributed by atoms with Gasteiger partial charge in [0.15, 0.2) is 0 Å². The minimum Gasteiger partial charge on any atom is -0.344 e. The van der Waals surface area contributed by atoms with E-state index < -0.39 is 17.4 Å². The van der Waals surface area contributed by atoms with Crippen molar-refractivity contribution in [3.63, 3.8) is 0 Å². The molecule has 0 unspecified atom stereocenters. The number of hydroxylamine groups is 2. The van der Waals surface area contributed by atoms with Gasteiger partial charge in [0.05, 0.1) is 12.5 Å². The third kappa shape index (κ3) is 6.36. The van der Waals surface area contributed by atoms with Crippen molar-refractivity contribution in [1.29, 1.82) is 0 Å². The summed E-state index contributed by atoms with van der Waals surface area (Å²) < 4.78 is 0. The summed E-state index contributed by atoms with van der Waals surface area (Å²) in [7, 11) is 0. The molecule has 1 saturated heterocycles. The van der Waals surface area contributed by atoms with Crippen molar-refractivity contribution >= 4 is 18.2 Å². The lowest BCUT2D eigenvalue weighted by Gasteiger charge is -2.49. The minimum atomic E-state index is -0.671. The van der Waals surface area contributed by atoms with Crippen LogP contribution in [0.15, 0.2) is 24.3 Å². The quantitative estimate of drug-likeness (QED) is 0.310. The third-order valence-electron chi connectivity index (χ3n) is 7.06. The molecule has 2 aliphatic heterocycles. The van der Waals surface area contributed by atoms with Crippen LogP contribution in [0.1, 0.15) is 58.1 Å². The number of benzene rings is 1. The zero-order chi connectivity index (χ0) is 24.9. The molecule has 3 amide bonds. The first-order valence-corrected chi connectivity index (χ1v) is 12.4. The second-order valence-corrected chi connectivity index (χ2v) is 10.8. The number of hydrogen-bond donors (Lipinski definition) is 2. The van der Waals surface area contributed by atoms with E-state index in [2.05, 4.69) is 34.5 Å². The zero-order valence-corrected chi connectivity index (χ0v) is 21.0. The maximum atomic E-state index is 13.4. The van der Waals surface area contributed by atoms with Crippen molar-refractivity contribution in [2.24, 2.45) is 11.3 Å². The normalized spacial score (nSPS) is 18.4. The van der Waals surface area contributed by atoms with Gasteiger partial charge in [-0.25, -0.2) is 5.06 Å². The minimum absolute atomic E-state index is 0.0695. The number of carbonyl (C=O) groups is 3. The maximum Gasteiger partial charge on any atom is 0.245 e. The van der Waals surface area contributed by atoms with Gasteiger partial charge in [-0.3, -0.25) is 24.5 Å². The van der Waals surface area contributed by atoms with Crippen molar-refractivity contribution in [3.8, 4) is 0 Å². The summed E-state index contributed by atoms with van der Waals surface area (Å²) in [5, 5.41) is 13.1. The molecule has 1 aromatic rings. The lowest BCUT2D eigenvalue weighted by molar-refractivity contribution is -0.156. The van der Waals surface area contributed by atoms with E-state index in [0.29, 0.717) is 37.0 Å². The number of rotatable bonds is 10. The van der Waals surface area contributed by atoms with Crippen LogP contribution in [0.4, 0.5) is 0 Å². The second kappa shape index (κ2) is 11.3. The molecule has 34 heavy (non-hydrogen) atoms. The summed E-state index contributed by atoms with van der Waals surface area (Å²) in [6.07, 6.45) is 3.57. The predicted molar refractivity (Wildman–Crippen MR) is 130 cm³/mol. The van der Waals surface area contributed by atoms with E-state index in [-0.39, 0.29) is 18.4 Å². The zero-order valence-electron chi connectivity index (χ0n) is 21.0. The summed E-state index contributed by atoms with van der Waals surface area (Å²) in [5.41, 5.74) is 2.31. The number of nitrogens with one attached hydrogen (secondary N) is 1. The van der Waals surface area contributed by atoms with E-state index in [4.69, 9.17) is 0 Å². The molecule has 188 valence electrons. The fourth-order valence-electron chi connectivity index (χ4n) is 4.81. The Morgan fingerprint density at radius 1 is 1.24 bits per heavy atom. The number of nitrogens with zero attached hydrogens (tertiary/aromatic N) is 3. The first-order chi connectivity index (χ1) is 16.1. The Morgan fingerprint density at radius 2 is 1.91 bits per heavy atom. The molecule has 0 radical (unpaired) electrons. The first kappa shape index (κ1) is 26.2. The fourth-order valence-corrected chi connectivity index (χ4v) is 4.81. The van der Waals surface area contributed by atoms with Crippen LogP contribution in [-0.4, -0.2) is 76.6 Å². The molecule has 2 atom stereocenters. The Morgan fingerprint density at radius 3 is 2.53 bits per heavy atom. The van der Waals surface area contributed by atoms with E-state index in [9.17, 15) is 19.6 Å². The van der Waals surface area contributed by atoms with Crippen molar-refractivity contribution in [2.45, 2.75) is 72.0 Å². The van der Waals surface area contributed by atoms with Gasteiger partial charge < -0.3 is 10.2 Å². The van der Waals surface area contributed by atoms with E-state index in [1.54, 1.807) is 0 Å². The molecular weight excluding hydrogens is 432 g/mol. The summed E-state index contributed by atoms with van der Waals surface area (Å²) >= 11 is 0. The van der Waals surface area contributed by atoms with Crippen molar-refractivity contribution in [2.75, 3.05) is 26.2 Å². The number of carbonyl (C=O) groups excluding carboxylic acids is 3. The molecule has 2 aliphatic rings. The van der Waals surface area contributed by atoms with Crippen LogP contribution >= 0.6 is 0 Å². The first-order valence-electron chi connectivity index (χ1n) is 12.4. The molecule has 0 spiro atoms. The highest BCUT2D eigenvalue weighted by Crippen LogP contribution is 2.28. The molecule has 2 N–H and O–H groups in total. The van der Waals surface area contributed by atoms with E-state index in [0.717, 1.165) is 32.4 Å². The largest absolute Gasteiger partial charge is 0.344 e. The molecule has 1 fully saturated rings. The highest BCUT2D eigenvalue weighted by Gasteiger charge is 2.43. The average molecular weight is 473 g/mol. The Bertz CT molecular complexity index is 863. The lowest BCUT2D eigenvalue weighted by atomic mass is 9.84. The highest BCUT2D eigenvalue weighted by molar-refractivity contribution is 5.89. The molecule has 0 aromatic heterocycles. The van der Waals surface area contributed by atoms with Crippen LogP contribution < -0.4 is 5.32 Å². The number of likely N-dealkylation sites (tertiary alicyclic amines) is 1. The van der Waals surface area contributed by atoms with E-state index in [1.165, 1.54) is 11.1 Å². The standard InChI is InChI=1S/C26H40N4O4/c1-5-6-9-21(15-30(34)18-31)24(32)27-23(26(2,3)4)25(33)29-16-22(17-29)28-13-12-19-10-7-8-11-20(19)14-28/h7-8,10-11,18,21-23,34H,5-6,9,12-17H2,1-4H3,(H,27,32)/t21-,23-/m1/s1. The summed E-state index contributed by atoms with van der Waals surface area (Å²) in [5.74, 6) is -0.933. The molecule has 1 aromatic carbocycles. The Kier molecular flexibility index (Phi) is 8.71. The van der Waals surface area contributed by atoms with E-state index >= 15 is 0 Å². The summed E-state index contributed by atoms with van der Waals surface area (Å²) in [4.78, 5) is 41.7. The van der Waals surface area contributed by atoms with Gasteiger partial charge in [0.1, 0.15) is 6.04 Å². The Labute approximate surface area is 203 Å². The molecule has 2 heterocycles. The van der Waals surface area contributed by atoms with Crippen LogP contribution in [0.25, 0.3) is 0 Å². The monoisotopic (exact) mass is 472 g/mol. The Hall–Kier alpha value is -2.45. The molecule has 0 saturated carbocycles. The average Bonchev–Trinajstić information content (AvgIpc) is 2.77. The topological polar surface area (TPSA) is 93.2 Å². The number of fused-ring (bicyclic) bond motifs is 1. The molecule has 8 nitrogen and oxygen atoms in total. The van der Waals surface area contributed by atoms with Gasteiger partial charge in [0.2, 0.25) is 18.2 Å².